The Morgan fingerprint density at radius 1 is 1.38 bits per heavy atom. The molecule has 21 heavy (non-hydrogen) atoms. The number of unbranched alkanes of at least 4 members (excludes halogenated alkanes) is 1. The van der Waals surface area contributed by atoms with Crippen LogP contribution in [0.4, 0.5) is 4.79 Å². The van der Waals surface area contributed by atoms with Crippen LogP contribution < -0.4 is 5.32 Å². The fraction of sp³-hybridized carbons (Fsp3) is 0.600. The van der Waals surface area contributed by atoms with Crippen molar-refractivity contribution in [2.75, 3.05) is 6.61 Å². The average Bonchev–Trinajstić information content (AvgIpc) is 2.87. The Bertz CT molecular complexity index is 449. The van der Waals surface area contributed by atoms with Crippen LogP contribution in [-0.2, 0) is 14.3 Å². The largest absolute Gasteiger partial charge is 0.464 e. The van der Waals surface area contributed by atoms with Gasteiger partial charge in [-0.15, -0.1) is 0 Å². The third-order valence-electron chi connectivity index (χ3n) is 2.57. The van der Waals surface area contributed by atoms with Gasteiger partial charge >= 0.3 is 12.1 Å². The molecule has 1 aromatic rings. The summed E-state index contributed by atoms with van der Waals surface area (Å²) in [4.78, 5) is 26.9. The highest BCUT2D eigenvalue weighted by Gasteiger charge is 2.27. The van der Waals surface area contributed by atoms with Crippen LogP contribution in [0.25, 0.3) is 0 Å². The minimum atomic E-state index is -0.897. The first kappa shape index (κ1) is 17.1. The highest BCUT2D eigenvalue weighted by Crippen LogP contribution is 2.15. The molecule has 0 aromatic carbocycles. The summed E-state index contributed by atoms with van der Waals surface area (Å²) >= 11 is 0. The smallest absolute Gasteiger partial charge is 0.408 e. The van der Waals surface area contributed by atoms with Crippen LogP contribution >= 0.6 is 0 Å². The topological polar surface area (TPSA) is 80.4 Å². The summed E-state index contributed by atoms with van der Waals surface area (Å²) in [6, 6.07) is 2.56. The van der Waals surface area contributed by atoms with Gasteiger partial charge in [0.1, 0.15) is 5.60 Å². The van der Waals surface area contributed by atoms with Crippen LogP contribution in [-0.4, -0.2) is 29.3 Å². The zero-order valence-corrected chi connectivity index (χ0v) is 13.1. The van der Waals surface area contributed by atoms with Gasteiger partial charge in [-0.25, -0.2) is 9.59 Å². The Morgan fingerprint density at radius 2 is 2.10 bits per heavy atom. The molecule has 0 radical (unpaired) electrons. The molecule has 0 bridgehead atoms. The fourth-order valence-electron chi connectivity index (χ4n) is 1.61. The summed E-state index contributed by atoms with van der Waals surface area (Å²) in [5.74, 6) is -0.503. The van der Waals surface area contributed by atoms with Gasteiger partial charge in [0, 0.05) is 11.9 Å². The number of H-pyrrole nitrogens is 1. The summed E-state index contributed by atoms with van der Waals surface area (Å²) in [6.07, 6.45) is 2.74. The fourth-order valence-corrected chi connectivity index (χ4v) is 1.61. The number of rotatable bonds is 6. The van der Waals surface area contributed by atoms with Gasteiger partial charge in [0.2, 0.25) is 0 Å². The van der Waals surface area contributed by atoms with Crippen molar-refractivity contribution < 1.29 is 19.1 Å². The van der Waals surface area contributed by atoms with Crippen molar-refractivity contribution in [3.05, 3.63) is 24.0 Å². The van der Waals surface area contributed by atoms with Crippen molar-refractivity contribution in [3.8, 4) is 0 Å². The molecule has 1 amide bonds. The van der Waals surface area contributed by atoms with Crippen LogP contribution in [0.3, 0.4) is 0 Å². The number of alkyl carbamates (subject to hydrolysis) is 1. The van der Waals surface area contributed by atoms with E-state index in [1.54, 1.807) is 39.1 Å². The molecule has 0 saturated carbocycles. The van der Waals surface area contributed by atoms with Crippen molar-refractivity contribution in [1.29, 1.82) is 0 Å². The molecule has 0 aliphatic rings. The van der Waals surface area contributed by atoms with Gasteiger partial charge in [-0.05, 0) is 39.3 Å². The van der Waals surface area contributed by atoms with E-state index in [0.29, 0.717) is 12.3 Å². The molecule has 0 spiro atoms. The molecule has 6 heteroatoms. The Kier molecular flexibility index (Phi) is 6.27. The van der Waals surface area contributed by atoms with Crippen LogP contribution in [0.5, 0.6) is 0 Å². The Hall–Kier alpha value is -1.98. The second-order valence-corrected chi connectivity index (χ2v) is 5.73. The molecule has 1 rings (SSSR count). The number of nitrogens with one attached hydrogen (secondary N) is 2. The van der Waals surface area contributed by atoms with E-state index in [9.17, 15) is 9.59 Å². The summed E-state index contributed by atoms with van der Waals surface area (Å²) in [6.45, 7) is 7.62. The number of carbonyl (C=O) groups is 2. The first-order valence-electron chi connectivity index (χ1n) is 7.13. The first-order valence-corrected chi connectivity index (χ1v) is 7.13. The quantitative estimate of drug-likeness (QED) is 0.625. The van der Waals surface area contributed by atoms with Crippen LogP contribution in [0, 0.1) is 0 Å². The van der Waals surface area contributed by atoms with Gasteiger partial charge in [-0.3, -0.25) is 0 Å². The maximum absolute atomic E-state index is 12.1. The lowest BCUT2D eigenvalue weighted by Gasteiger charge is -2.22. The third kappa shape index (κ3) is 6.33. The van der Waals surface area contributed by atoms with Crippen molar-refractivity contribution >= 4 is 12.1 Å². The number of carbonyl (C=O) groups excluding carboxylic acids is 2. The molecule has 118 valence electrons. The molecule has 1 heterocycles. The Labute approximate surface area is 125 Å². The van der Waals surface area contributed by atoms with Gasteiger partial charge in [-0.2, -0.15) is 0 Å². The van der Waals surface area contributed by atoms with Gasteiger partial charge in [0.05, 0.1) is 6.61 Å². The second kappa shape index (κ2) is 7.71. The number of esters is 1. The number of aromatic amines is 1. The molecule has 1 aromatic heterocycles. The van der Waals surface area contributed by atoms with E-state index in [0.717, 1.165) is 12.8 Å². The zero-order chi connectivity index (χ0) is 15.9. The number of hydrogen-bond acceptors (Lipinski definition) is 4. The molecule has 1 atom stereocenters. The number of aromatic nitrogens is 1. The molecule has 2 N–H and O–H groups in total. The standard InChI is InChI=1S/C15H24N2O4/c1-5-6-10-20-13(18)12(11-8-7-9-16-11)17-14(19)21-15(2,3)4/h7-9,12,16H,5-6,10H2,1-4H3,(H,17,19). The maximum Gasteiger partial charge on any atom is 0.408 e. The van der Waals surface area contributed by atoms with Gasteiger partial charge < -0.3 is 19.8 Å². The van der Waals surface area contributed by atoms with Crippen molar-refractivity contribution in [1.82, 2.24) is 10.3 Å². The predicted octanol–water partition coefficient (Wildman–Crippen LogP) is 2.92. The first-order chi connectivity index (χ1) is 9.83. The zero-order valence-electron chi connectivity index (χ0n) is 13.1. The average molecular weight is 296 g/mol. The Morgan fingerprint density at radius 3 is 2.62 bits per heavy atom. The van der Waals surface area contributed by atoms with Crippen LogP contribution in [0.2, 0.25) is 0 Å². The normalized spacial score (nSPS) is 12.6. The van der Waals surface area contributed by atoms with Gasteiger partial charge in [0.25, 0.3) is 0 Å². The van der Waals surface area contributed by atoms with E-state index >= 15 is 0 Å². The molecule has 0 aliphatic carbocycles. The molecular weight excluding hydrogens is 272 g/mol. The minimum Gasteiger partial charge on any atom is -0.464 e. The highest BCUT2D eigenvalue weighted by molar-refractivity contribution is 5.82. The predicted molar refractivity (Wildman–Crippen MR) is 78.8 cm³/mol. The lowest BCUT2D eigenvalue weighted by atomic mass is 10.2. The van der Waals surface area contributed by atoms with Crippen molar-refractivity contribution in [2.45, 2.75) is 52.2 Å². The van der Waals surface area contributed by atoms with E-state index in [2.05, 4.69) is 10.3 Å². The van der Waals surface area contributed by atoms with Crippen molar-refractivity contribution in [3.63, 3.8) is 0 Å². The molecule has 0 fully saturated rings. The number of amides is 1. The maximum atomic E-state index is 12.1. The SMILES string of the molecule is CCCCOC(=O)C(NC(=O)OC(C)(C)C)c1ccc[nH]1. The summed E-state index contributed by atoms with van der Waals surface area (Å²) in [5.41, 5.74) is -0.0707. The molecule has 0 aliphatic heterocycles. The van der Waals surface area contributed by atoms with Crippen LogP contribution in [0.1, 0.15) is 52.3 Å². The molecule has 1 unspecified atom stereocenters. The van der Waals surface area contributed by atoms with Crippen molar-refractivity contribution in [2.24, 2.45) is 0 Å². The van der Waals surface area contributed by atoms with E-state index in [4.69, 9.17) is 9.47 Å². The number of ether oxygens (including phenoxy) is 2. The van der Waals surface area contributed by atoms with E-state index in [1.165, 1.54) is 0 Å². The third-order valence-corrected chi connectivity index (χ3v) is 2.57. The molecular formula is C15H24N2O4. The lowest BCUT2D eigenvalue weighted by Crippen LogP contribution is -2.39. The molecule has 6 nitrogen and oxygen atoms in total. The number of hydrogen-bond donors (Lipinski definition) is 2. The highest BCUT2D eigenvalue weighted by atomic mass is 16.6. The van der Waals surface area contributed by atoms with E-state index < -0.39 is 23.7 Å². The Balaban J connectivity index is 2.70. The lowest BCUT2D eigenvalue weighted by molar-refractivity contribution is -0.146. The van der Waals surface area contributed by atoms with E-state index in [-0.39, 0.29) is 0 Å². The van der Waals surface area contributed by atoms with Crippen LogP contribution in [0.15, 0.2) is 18.3 Å². The summed E-state index contributed by atoms with van der Waals surface area (Å²) in [7, 11) is 0. The second-order valence-electron chi connectivity index (χ2n) is 5.73. The molecule has 0 saturated heterocycles. The summed E-state index contributed by atoms with van der Waals surface area (Å²) < 4.78 is 10.3. The minimum absolute atomic E-state index is 0.336. The van der Waals surface area contributed by atoms with Gasteiger partial charge in [-0.1, -0.05) is 13.3 Å². The van der Waals surface area contributed by atoms with E-state index in [1.807, 2.05) is 6.92 Å². The summed E-state index contributed by atoms with van der Waals surface area (Å²) in [5, 5.41) is 2.54. The van der Waals surface area contributed by atoms with Gasteiger partial charge in [0.15, 0.2) is 6.04 Å². The monoisotopic (exact) mass is 296 g/mol.